The van der Waals surface area contributed by atoms with E-state index in [1.54, 1.807) is 5.57 Å². The molecule has 3 aliphatic carbocycles. The third kappa shape index (κ3) is 1.22. The zero-order valence-corrected chi connectivity index (χ0v) is 7.68. The maximum Gasteiger partial charge on any atom is -0.0166 e. The van der Waals surface area contributed by atoms with Crippen LogP contribution in [-0.2, 0) is 0 Å². The molecule has 0 bridgehead atoms. The summed E-state index contributed by atoms with van der Waals surface area (Å²) < 4.78 is 0. The molecule has 0 heterocycles. The normalized spacial score (nSPS) is 36.3. The lowest BCUT2D eigenvalue weighted by molar-refractivity contribution is 0.433. The number of hydrogen-bond donors (Lipinski definition) is 0. The van der Waals surface area contributed by atoms with Crippen molar-refractivity contribution in [2.24, 2.45) is 17.8 Å². The van der Waals surface area contributed by atoms with E-state index in [0.29, 0.717) is 0 Å². The van der Waals surface area contributed by atoms with Crippen LogP contribution in [0.25, 0.3) is 0 Å². The number of rotatable bonds is 2. The topological polar surface area (TPSA) is 0 Å². The second kappa shape index (κ2) is 2.61. The largest absolute Gasteiger partial charge is 0.0603 e. The van der Waals surface area contributed by atoms with Gasteiger partial charge < -0.3 is 0 Å². The van der Waals surface area contributed by atoms with Crippen molar-refractivity contribution in [2.75, 3.05) is 0 Å². The van der Waals surface area contributed by atoms with Gasteiger partial charge in [-0.2, -0.15) is 0 Å². The molecular formula is C12H17. The van der Waals surface area contributed by atoms with Gasteiger partial charge in [0.25, 0.3) is 0 Å². The summed E-state index contributed by atoms with van der Waals surface area (Å²) in [6.45, 7) is 0. The van der Waals surface area contributed by atoms with Gasteiger partial charge in [-0.25, -0.2) is 0 Å². The fourth-order valence-corrected chi connectivity index (χ4v) is 2.67. The van der Waals surface area contributed by atoms with Gasteiger partial charge in [0.05, 0.1) is 0 Å². The second-order valence-corrected chi connectivity index (χ2v) is 4.74. The molecule has 3 aliphatic rings. The molecule has 1 unspecified atom stereocenters. The van der Waals surface area contributed by atoms with Gasteiger partial charge in [-0.15, -0.1) is 0 Å². The molecule has 0 aliphatic heterocycles. The van der Waals surface area contributed by atoms with E-state index in [1.165, 1.54) is 44.9 Å². The summed E-state index contributed by atoms with van der Waals surface area (Å²) in [6.07, 6.45) is 13.8. The first-order valence-electron chi connectivity index (χ1n) is 5.56. The molecule has 1 radical (unpaired) electrons. The smallest absolute Gasteiger partial charge is 0.0166 e. The third-order valence-electron chi connectivity index (χ3n) is 3.63. The molecule has 2 saturated carbocycles. The molecule has 0 saturated heterocycles. The van der Waals surface area contributed by atoms with E-state index >= 15 is 0 Å². The second-order valence-electron chi connectivity index (χ2n) is 4.74. The molecular weight excluding hydrogens is 144 g/mol. The summed E-state index contributed by atoms with van der Waals surface area (Å²) in [5.41, 5.74) is 1.77. The summed E-state index contributed by atoms with van der Waals surface area (Å²) >= 11 is 0. The predicted octanol–water partition coefficient (Wildman–Crippen LogP) is 3.34. The van der Waals surface area contributed by atoms with E-state index in [1.807, 2.05) is 0 Å². The fraction of sp³-hybridized carbons (Fsp3) is 0.833. The Balaban J connectivity index is 1.78. The van der Waals surface area contributed by atoms with Crippen LogP contribution in [0.1, 0.15) is 44.9 Å². The Morgan fingerprint density at radius 2 is 1.83 bits per heavy atom. The first-order valence-corrected chi connectivity index (χ1v) is 5.56. The SMILES string of the molecule is [C]1=C(C2CC2)C(C2CC2)CCC1. The fourth-order valence-electron chi connectivity index (χ4n) is 2.67. The van der Waals surface area contributed by atoms with Crippen LogP contribution in [0, 0.1) is 23.8 Å². The maximum absolute atomic E-state index is 3.67. The summed E-state index contributed by atoms with van der Waals surface area (Å²) in [4.78, 5) is 0. The van der Waals surface area contributed by atoms with Gasteiger partial charge >= 0.3 is 0 Å². The van der Waals surface area contributed by atoms with Crippen LogP contribution in [0.4, 0.5) is 0 Å². The number of allylic oxidation sites excluding steroid dienone is 2. The Morgan fingerprint density at radius 1 is 1.00 bits per heavy atom. The summed E-state index contributed by atoms with van der Waals surface area (Å²) in [5.74, 6) is 3.08. The maximum atomic E-state index is 3.67. The van der Waals surface area contributed by atoms with Gasteiger partial charge in [0, 0.05) is 0 Å². The Labute approximate surface area is 75.0 Å². The molecule has 0 nitrogen and oxygen atoms in total. The van der Waals surface area contributed by atoms with Crippen LogP contribution < -0.4 is 0 Å². The molecule has 1 atom stereocenters. The molecule has 0 amide bonds. The molecule has 0 spiro atoms. The highest BCUT2D eigenvalue weighted by Gasteiger charge is 2.39. The first-order chi connectivity index (χ1) is 5.95. The number of hydrogen-bond acceptors (Lipinski definition) is 0. The molecule has 65 valence electrons. The highest BCUT2D eigenvalue weighted by atomic mass is 14.4. The van der Waals surface area contributed by atoms with Crippen molar-refractivity contribution in [3.05, 3.63) is 11.6 Å². The molecule has 0 heteroatoms. The van der Waals surface area contributed by atoms with Crippen LogP contribution in [0.2, 0.25) is 0 Å². The lowest BCUT2D eigenvalue weighted by Gasteiger charge is -2.23. The molecule has 12 heavy (non-hydrogen) atoms. The minimum absolute atomic E-state index is 0.992. The molecule has 0 aromatic carbocycles. The van der Waals surface area contributed by atoms with Gasteiger partial charge in [-0.1, -0.05) is 5.57 Å². The van der Waals surface area contributed by atoms with Crippen LogP contribution in [-0.4, -0.2) is 0 Å². The standard InChI is InChI=1S/C12H17/c1-2-4-12(10-7-8-10)11(3-1)9-5-6-9/h9-11H,1-3,5-8H2. The monoisotopic (exact) mass is 161 g/mol. The lowest BCUT2D eigenvalue weighted by atomic mass is 9.82. The van der Waals surface area contributed by atoms with Gasteiger partial charge in [-0.05, 0) is 68.8 Å². The Bertz CT molecular complexity index is 206. The van der Waals surface area contributed by atoms with Crippen LogP contribution >= 0.6 is 0 Å². The van der Waals surface area contributed by atoms with Crippen molar-refractivity contribution in [2.45, 2.75) is 44.9 Å². The quantitative estimate of drug-likeness (QED) is 0.582. The summed E-state index contributed by atoms with van der Waals surface area (Å²) in [5, 5.41) is 0. The van der Waals surface area contributed by atoms with E-state index < -0.39 is 0 Å². The van der Waals surface area contributed by atoms with Crippen molar-refractivity contribution in [1.29, 1.82) is 0 Å². The van der Waals surface area contributed by atoms with E-state index in [-0.39, 0.29) is 0 Å². The molecule has 0 aromatic heterocycles. The first kappa shape index (κ1) is 7.17. The van der Waals surface area contributed by atoms with Crippen LogP contribution in [0.3, 0.4) is 0 Å². The Hall–Kier alpha value is -0.260. The van der Waals surface area contributed by atoms with Crippen molar-refractivity contribution in [1.82, 2.24) is 0 Å². The van der Waals surface area contributed by atoms with Gasteiger partial charge in [0.2, 0.25) is 0 Å². The average Bonchev–Trinajstić information content (AvgIpc) is 2.99. The van der Waals surface area contributed by atoms with Gasteiger partial charge in [0.15, 0.2) is 0 Å². The molecule has 0 aromatic rings. The van der Waals surface area contributed by atoms with Crippen molar-refractivity contribution in [3.8, 4) is 0 Å². The van der Waals surface area contributed by atoms with Crippen molar-refractivity contribution in [3.63, 3.8) is 0 Å². The van der Waals surface area contributed by atoms with Crippen molar-refractivity contribution >= 4 is 0 Å². The zero-order chi connectivity index (χ0) is 7.97. The summed E-state index contributed by atoms with van der Waals surface area (Å²) in [7, 11) is 0. The van der Waals surface area contributed by atoms with E-state index in [2.05, 4.69) is 6.08 Å². The van der Waals surface area contributed by atoms with Gasteiger partial charge in [0.1, 0.15) is 0 Å². The average molecular weight is 161 g/mol. The highest BCUT2D eigenvalue weighted by molar-refractivity contribution is 5.17. The lowest BCUT2D eigenvalue weighted by Crippen LogP contribution is -2.12. The summed E-state index contributed by atoms with van der Waals surface area (Å²) in [6, 6.07) is 0. The highest BCUT2D eigenvalue weighted by Crippen LogP contribution is 2.51. The third-order valence-corrected chi connectivity index (χ3v) is 3.63. The predicted molar refractivity (Wildman–Crippen MR) is 49.5 cm³/mol. The minimum Gasteiger partial charge on any atom is -0.0603 e. The van der Waals surface area contributed by atoms with E-state index in [0.717, 1.165) is 17.8 Å². The molecule has 2 fully saturated rings. The van der Waals surface area contributed by atoms with E-state index in [9.17, 15) is 0 Å². The van der Waals surface area contributed by atoms with Crippen LogP contribution in [0.15, 0.2) is 5.57 Å². The molecule has 0 N–H and O–H groups in total. The minimum atomic E-state index is 0.992. The van der Waals surface area contributed by atoms with E-state index in [4.69, 9.17) is 0 Å². The Kier molecular flexibility index (Phi) is 1.56. The zero-order valence-electron chi connectivity index (χ0n) is 7.68. The van der Waals surface area contributed by atoms with Crippen molar-refractivity contribution < 1.29 is 0 Å². The van der Waals surface area contributed by atoms with Crippen LogP contribution in [0.5, 0.6) is 0 Å². The van der Waals surface area contributed by atoms with Gasteiger partial charge in [-0.3, -0.25) is 0 Å². The Morgan fingerprint density at radius 3 is 2.50 bits per heavy atom. The molecule has 3 rings (SSSR count).